The maximum absolute atomic E-state index is 12.9. The first kappa shape index (κ1) is 24.5. The molecule has 0 atom stereocenters. The second-order valence-corrected chi connectivity index (χ2v) is 8.43. The highest BCUT2D eigenvalue weighted by Gasteiger charge is 2.31. The van der Waals surface area contributed by atoms with E-state index in [1.54, 1.807) is 0 Å². The topological polar surface area (TPSA) is 106 Å². The average Bonchev–Trinajstić information content (AvgIpc) is 2.67. The molecule has 31 heavy (non-hydrogen) atoms. The number of carbonyl (C=O) groups excluding carboxylic acids is 2. The number of hydrogen-bond acceptors (Lipinski definition) is 6. The van der Waals surface area contributed by atoms with Gasteiger partial charge in [0.15, 0.2) is 12.4 Å². The number of halogens is 5. The highest BCUT2D eigenvalue weighted by Crippen LogP contribution is 2.32. The molecule has 1 amide bonds. The molecule has 14 heteroatoms. The number of sulfonamides is 1. The van der Waals surface area contributed by atoms with Crippen LogP contribution in [0.25, 0.3) is 0 Å². The Hall–Kier alpha value is -2.77. The number of anilines is 1. The minimum absolute atomic E-state index is 0.259. The first-order valence-electron chi connectivity index (χ1n) is 8.21. The third-order valence-electron chi connectivity index (χ3n) is 3.66. The minimum Gasteiger partial charge on any atom is -0.455 e. The van der Waals surface area contributed by atoms with Gasteiger partial charge in [-0.3, -0.25) is 9.59 Å². The molecule has 2 aromatic rings. The highest BCUT2D eigenvalue weighted by atomic mass is 35.5. The monoisotopic (exact) mass is 483 g/mol. The van der Waals surface area contributed by atoms with E-state index >= 15 is 0 Å². The molecule has 1 N–H and O–H groups in total. The molecule has 0 bridgehead atoms. The number of hydrogen-bond donors (Lipinski definition) is 1. The van der Waals surface area contributed by atoms with Crippen LogP contribution < -0.4 is 5.32 Å². The van der Waals surface area contributed by atoms with Gasteiger partial charge in [-0.1, -0.05) is 11.6 Å². The second kappa shape index (κ2) is 9.58. The minimum atomic E-state index is -4.67. The molecule has 0 aliphatic rings. The van der Waals surface area contributed by atoms with Crippen LogP contribution >= 0.6 is 11.6 Å². The summed E-state index contributed by atoms with van der Waals surface area (Å²) in [7, 11) is -3.04. The quantitative estimate of drug-likeness (QED) is 0.479. The lowest BCUT2D eigenvalue weighted by Gasteiger charge is -2.16. The molecule has 0 aliphatic heterocycles. The van der Waals surface area contributed by atoms with Crippen molar-refractivity contribution in [3.8, 4) is 0 Å². The average molecular weight is 484 g/mol. The molecule has 1 heterocycles. The van der Waals surface area contributed by atoms with Crippen LogP contribution in [-0.2, 0) is 30.5 Å². The lowest BCUT2D eigenvalue weighted by molar-refractivity contribution is -0.147. The summed E-state index contributed by atoms with van der Waals surface area (Å²) in [6.45, 7) is -1.63. The molecule has 8 nitrogen and oxygen atoms in total. The number of rotatable bonds is 7. The smallest absolute Gasteiger partial charge is 0.417 e. The Morgan fingerprint density at radius 1 is 1.23 bits per heavy atom. The number of esters is 1. The van der Waals surface area contributed by atoms with Crippen LogP contribution in [0.3, 0.4) is 0 Å². The molecule has 1 aromatic carbocycles. The van der Waals surface area contributed by atoms with E-state index in [4.69, 9.17) is 11.6 Å². The summed E-state index contributed by atoms with van der Waals surface area (Å²) in [4.78, 5) is 26.8. The molecular formula is C17H14ClF4N3O5S. The Morgan fingerprint density at radius 3 is 2.39 bits per heavy atom. The number of amides is 1. The van der Waals surface area contributed by atoms with E-state index in [0.717, 1.165) is 31.3 Å². The van der Waals surface area contributed by atoms with E-state index in [-0.39, 0.29) is 10.7 Å². The third-order valence-corrected chi connectivity index (χ3v) is 5.77. The van der Waals surface area contributed by atoms with Gasteiger partial charge >= 0.3 is 12.1 Å². The summed E-state index contributed by atoms with van der Waals surface area (Å²) in [6.07, 6.45) is -4.21. The van der Waals surface area contributed by atoms with Gasteiger partial charge in [0.05, 0.1) is 15.5 Å². The van der Waals surface area contributed by atoms with Gasteiger partial charge in [-0.05, 0) is 30.3 Å². The number of ether oxygens (including phenoxy) is 1. The predicted octanol–water partition coefficient (Wildman–Crippen LogP) is 2.70. The Labute approximate surface area is 178 Å². The normalized spacial score (nSPS) is 12.0. The van der Waals surface area contributed by atoms with E-state index < -0.39 is 57.6 Å². The van der Waals surface area contributed by atoms with Crippen molar-refractivity contribution in [2.24, 2.45) is 0 Å². The summed E-state index contributed by atoms with van der Waals surface area (Å²) >= 11 is 5.65. The molecule has 0 saturated carbocycles. The SMILES string of the molecule is CN(CC(=O)OCC(=O)Nc1ncc(C(F)(F)F)cc1Cl)S(=O)(=O)c1ccc(F)cc1. The van der Waals surface area contributed by atoms with Gasteiger partial charge < -0.3 is 10.1 Å². The van der Waals surface area contributed by atoms with Crippen molar-refractivity contribution >= 4 is 39.3 Å². The summed E-state index contributed by atoms with van der Waals surface area (Å²) in [6, 6.07) is 4.46. The number of benzene rings is 1. The summed E-state index contributed by atoms with van der Waals surface area (Å²) in [5.74, 6) is -3.08. The first-order valence-corrected chi connectivity index (χ1v) is 10.0. The summed E-state index contributed by atoms with van der Waals surface area (Å²) < 4.78 is 80.6. The van der Waals surface area contributed by atoms with Gasteiger partial charge in [-0.15, -0.1) is 0 Å². The number of likely N-dealkylation sites (N-methyl/N-ethyl adjacent to an activating group) is 1. The van der Waals surface area contributed by atoms with Crippen LogP contribution in [0.4, 0.5) is 23.4 Å². The van der Waals surface area contributed by atoms with Crippen LogP contribution in [0, 0.1) is 5.82 Å². The number of nitrogens with one attached hydrogen (secondary N) is 1. The van der Waals surface area contributed by atoms with Gasteiger partial charge in [0.25, 0.3) is 5.91 Å². The zero-order chi connectivity index (χ0) is 23.4. The van der Waals surface area contributed by atoms with Crippen LogP contribution in [-0.4, -0.2) is 49.8 Å². The van der Waals surface area contributed by atoms with Crippen LogP contribution in [0.2, 0.25) is 5.02 Å². The fourth-order valence-corrected chi connectivity index (χ4v) is 3.43. The molecule has 2 rings (SSSR count). The molecule has 1 aromatic heterocycles. The van der Waals surface area contributed by atoms with Crippen molar-refractivity contribution < 1.29 is 40.3 Å². The molecule has 0 saturated heterocycles. The van der Waals surface area contributed by atoms with Crippen molar-refractivity contribution in [1.29, 1.82) is 0 Å². The standard InChI is InChI=1S/C17H14ClF4N3O5S/c1-25(31(28,29)12-4-2-11(19)3-5-12)8-15(27)30-9-14(26)24-16-13(18)6-10(7-23-16)17(20,21)22/h2-7H,8-9H2,1H3,(H,23,24,26). The predicted molar refractivity (Wildman–Crippen MR) is 100 cm³/mol. The Kier molecular flexibility index (Phi) is 7.57. The van der Waals surface area contributed by atoms with E-state index in [1.165, 1.54) is 0 Å². The largest absolute Gasteiger partial charge is 0.455 e. The first-order chi connectivity index (χ1) is 14.3. The second-order valence-electron chi connectivity index (χ2n) is 5.98. The molecule has 0 radical (unpaired) electrons. The number of carbonyl (C=O) groups is 2. The van der Waals surface area contributed by atoms with Gasteiger partial charge in [-0.2, -0.15) is 17.5 Å². The van der Waals surface area contributed by atoms with E-state index in [2.05, 4.69) is 15.0 Å². The van der Waals surface area contributed by atoms with Crippen molar-refractivity contribution in [2.75, 3.05) is 25.5 Å². The molecule has 0 aliphatic carbocycles. The molecular weight excluding hydrogens is 470 g/mol. The zero-order valence-electron chi connectivity index (χ0n) is 15.6. The lowest BCUT2D eigenvalue weighted by Crippen LogP contribution is -2.34. The summed E-state index contributed by atoms with van der Waals surface area (Å²) in [5.41, 5.74) is -1.12. The van der Waals surface area contributed by atoms with E-state index in [9.17, 15) is 35.6 Å². The molecule has 0 spiro atoms. The maximum atomic E-state index is 12.9. The molecule has 168 valence electrons. The fourth-order valence-electron chi connectivity index (χ4n) is 2.10. The molecule has 0 unspecified atom stereocenters. The Morgan fingerprint density at radius 2 is 1.84 bits per heavy atom. The van der Waals surface area contributed by atoms with Crippen LogP contribution in [0.5, 0.6) is 0 Å². The Bertz CT molecular complexity index is 1080. The maximum Gasteiger partial charge on any atom is 0.417 e. The van der Waals surface area contributed by atoms with Crippen LogP contribution in [0.1, 0.15) is 5.56 Å². The number of alkyl halides is 3. The van der Waals surface area contributed by atoms with Crippen molar-refractivity contribution in [3.05, 3.63) is 52.9 Å². The van der Waals surface area contributed by atoms with E-state index in [0.29, 0.717) is 16.6 Å². The van der Waals surface area contributed by atoms with E-state index in [1.807, 2.05) is 0 Å². The van der Waals surface area contributed by atoms with Gasteiger partial charge in [0, 0.05) is 13.2 Å². The van der Waals surface area contributed by atoms with Crippen molar-refractivity contribution in [3.63, 3.8) is 0 Å². The lowest BCUT2D eigenvalue weighted by atomic mass is 10.3. The summed E-state index contributed by atoms with van der Waals surface area (Å²) in [5, 5.41) is 1.58. The van der Waals surface area contributed by atoms with Crippen molar-refractivity contribution in [2.45, 2.75) is 11.1 Å². The third kappa shape index (κ3) is 6.60. The zero-order valence-corrected chi connectivity index (χ0v) is 17.2. The highest BCUT2D eigenvalue weighted by molar-refractivity contribution is 7.89. The number of aromatic nitrogens is 1. The fraction of sp³-hybridized carbons (Fsp3) is 0.235. The van der Waals surface area contributed by atoms with Gasteiger partial charge in [0.2, 0.25) is 10.0 Å². The van der Waals surface area contributed by atoms with Crippen molar-refractivity contribution in [1.82, 2.24) is 9.29 Å². The molecule has 0 fully saturated rings. The Balaban J connectivity index is 1.91. The number of pyridine rings is 1. The van der Waals surface area contributed by atoms with Gasteiger partial charge in [0.1, 0.15) is 12.4 Å². The van der Waals surface area contributed by atoms with Gasteiger partial charge in [-0.25, -0.2) is 17.8 Å². The van der Waals surface area contributed by atoms with Crippen LogP contribution in [0.15, 0.2) is 41.4 Å². The number of nitrogens with zero attached hydrogens (tertiary/aromatic N) is 2.